The van der Waals surface area contributed by atoms with Crippen LogP contribution in [0.25, 0.3) is 10.8 Å². The molecule has 3 heterocycles. The highest BCUT2D eigenvalue weighted by Gasteiger charge is 2.26. The molecule has 0 saturated carbocycles. The van der Waals surface area contributed by atoms with E-state index in [1.165, 1.54) is 39.9 Å². The van der Waals surface area contributed by atoms with Crippen molar-refractivity contribution in [3.63, 3.8) is 0 Å². The SMILES string of the molecule is O=C(Nc1nnc(-c2cccs2)o1)c1ccc(S(=O)(=O)N2CCCCC2)cc1. The summed E-state index contributed by atoms with van der Waals surface area (Å²) in [5, 5.41) is 12.1. The number of aromatic nitrogens is 2. The van der Waals surface area contributed by atoms with Crippen molar-refractivity contribution in [3.8, 4) is 10.8 Å². The van der Waals surface area contributed by atoms with Crippen LogP contribution < -0.4 is 5.32 Å². The molecule has 2 aromatic heterocycles. The van der Waals surface area contributed by atoms with Crippen LogP contribution in [0, 0.1) is 0 Å². The zero-order valence-corrected chi connectivity index (χ0v) is 16.5. The summed E-state index contributed by atoms with van der Waals surface area (Å²) < 4.78 is 32.3. The Morgan fingerprint density at radius 2 is 1.82 bits per heavy atom. The van der Waals surface area contributed by atoms with Gasteiger partial charge in [0.1, 0.15) is 0 Å². The molecule has 1 N–H and O–H groups in total. The molecule has 3 aromatic rings. The Balaban J connectivity index is 1.45. The van der Waals surface area contributed by atoms with Crippen LogP contribution in [0.15, 0.2) is 51.1 Å². The second-order valence-electron chi connectivity index (χ2n) is 6.33. The molecule has 10 heteroatoms. The Hall–Kier alpha value is -2.56. The fourth-order valence-electron chi connectivity index (χ4n) is 2.98. The Labute approximate surface area is 166 Å². The van der Waals surface area contributed by atoms with Crippen molar-refractivity contribution in [3.05, 3.63) is 47.3 Å². The van der Waals surface area contributed by atoms with Crippen LogP contribution in [0.3, 0.4) is 0 Å². The quantitative estimate of drug-likeness (QED) is 0.682. The number of amides is 1. The van der Waals surface area contributed by atoms with Crippen molar-refractivity contribution < 1.29 is 17.6 Å². The van der Waals surface area contributed by atoms with Crippen molar-refractivity contribution in [1.29, 1.82) is 0 Å². The Morgan fingerprint density at radius 1 is 1.07 bits per heavy atom. The van der Waals surface area contributed by atoms with Gasteiger partial charge in [-0.15, -0.1) is 16.4 Å². The van der Waals surface area contributed by atoms with E-state index in [0.29, 0.717) is 24.5 Å². The number of piperidine rings is 1. The molecular formula is C18H18N4O4S2. The molecule has 28 heavy (non-hydrogen) atoms. The van der Waals surface area contributed by atoms with Gasteiger partial charge in [0.2, 0.25) is 10.0 Å². The van der Waals surface area contributed by atoms with Gasteiger partial charge in [-0.1, -0.05) is 17.6 Å². The minimum atomic E-state index is -3.52. The van der Waals surface area contributed by atoms with Gasteiger partial charge < -0.3 is 4.42 Å². The van der Waals surface area contributed by atoms with Crippen molar-refractivity contribution >= 4 is 33.3 Å². The minimum absolute atomic E-state index is 0.0154. The van der Waals surface area contributed by atoms with E-state index in [9.17, 15) is 13.2 Å². The van der Waals surface area contributed by atoms with Gasteiger partial charge in [0.25, 0.3) is 11.8 Å². The highest BCUT2D eigenvalue weighted by Crippen LogP contribution is 2.25. The van der Waals surface area contributed by atoms with Crippen LogP contribution in [0.5, 0.6) is 0 Å². The van der Waals surface area contributed by atoms with Crippen molar-refractivity contribution in [2.24, 2.45) is 0 Å². The molecule has 4 rings (SSSR count). The molecule has 1 aliphatic heterocycles. The maximum Gasteiger partial charge on any atom is 0.322 e. The second-order valence-corrected chi connectivity index (χ2v) is 9.22. The maximum absolute atomic E-state index is 12.7. The average Bonchev–Trinajstić information content (AvgIpc) is 3.40. The van der Waals surface area contributed by atoms with Gasteiger partial charge in [-0.25, -0.2) is 8.42 Å². The van der Waals surface area contributed by atoms with Gasteiger partial charge in [0.15, 0.2) is 0 Å². The number of sulfonamides is 1. The maximum atomic E-state index is 12.7. The van der Waals surface area contributed by atoms with E-state index < -0.39 is 15.9 Å². The topological polar surface area (TPSA) is 105 Å². The van der Waals surface area contributed by atoms with Crippen molar-refractivity contribution in [1.82, 2.24) is 14.5 Å². The molecule has 1 aliphatic rings. The lowest BCUT2D eigenvalue weighted by Crippen LogP contribution is -2.35. The van der Waals surface area contributed by atoms with E-state index in [-0.39, 0.29) is 10.9 Å². The lowest BCUT2D eigenvalue weighted by molar-refractivity contribution is 0.102. The van der Waals surface area contributed by atoms with E-state index in [1.807, 2.05) is 17.5 Å². The molecule has 0 unspecified atom stereocenters. The third kappa shape index (κ3) is 3.84. The molecule has 1 fully saturated rings. The Kier molecular flexibility index (Phi) is 5.25. The molecule has 1 amide bonds. The van der Waals surface area contributed by atoms with Gasteiger partial charge in [0.05, 0.1) is 9.77 Å². The van der Waals surface area contributed by atoms with E-state index >= 15 is 0 Å². The summed E-state index contributed by atoms with van der Waals surface area (Å²) in [5.41, 5.74) is 0.300. The van der Waals surface area contributed by atoms with Crippen molar-refractivity contribution in [2.45, 2.75) is 24.2 Å². The second kappa shape index (κ2) is 7.82. The lowest BCUT2D eigenvalue weighted by Gasteiger charge is -2.25. The smallest absolute Gasteiger partial charge is 0.322 e. The zero-order chi connectivity index (χ0) is 19.6. The fraction of sp³-hybridized carbons (Fsp3) is 0.278. The number of nitrogens with one attached hydrogen (secondary N) is 1. The molecule has 8 nitrogen and oxygen atoms in total. The molecule has 0 atom stereocenters. The number of thiophene rings is 1. The summed E-state index contributed by atoms with van der Waals surface area (Å²) in [6.07, 6.45) is 2.80. The number of carbonyl (C=O) groups is 1. The number of rotatable bonds is 5. The summed E-state index contributed by atoms with van der Waals surface area (Å²) in [4.78, 5) is 13.4. The fourth-order valence-corrected chi connectivity index (χ4v) is 5.14. The molecule has 1 aromatic carbocycles. The third-order valence-corrected chi connectivity index (χ3v) is 7.22. The number of hydrogen-bond donors (Lipinski definition) is 1. The monoisotopic (exact) mass is 418 g/mol. The summed E-state index contributed by atoms with van der Waals surface area (Å²) in [6.45, 7) is 1.07. The van der Waals surface area contributed by atoms with Crippen LogP contribution >= 0.6 is 11.3 Å². The number of anilines is 1. The summed E-state index contributed by atoms with van der Waals surface area (Å²) >= 11 is 1.45. The average molecular weight is 419 g/mol. The number of benzene rings is 1. The highest BCUT2D eigenvalue weighted by molar-refractivity contribution is 7.89. The van der Waals surface area contributed by atoms with Crippen LogP contribution in [0.2, 0.25) is 0 Å². The van der Waals surface area contributed by atoms with Crippen LogP contribution in [-0.4, -0.2) is 41.9 Å². The number of nitrogens with zero attached hydrogens (tertiary/aromatic N) is 3. The van der Waals surface area contributed by atoms with E-state index in [4.69, 9.17) is 4.42 Å². The standard InChI is InChI=1S/C18H18N4O4S2/c23-16(19-18-21-20-17(26-18)15-5-4-12-27-15)13-6-8-14(9-7-13)28(24,25)22-10-2-1-3-11-22/h4-9,12H,1-3,10-11H2,(H,19,21,23). The number of hydrogen-bond acceptors (Lipinski definition) is 7. The Morgan fingerprint density at radius 3 is 2.50 bits per heavy atom. The zero-order valence-electron chi connectivity index (χ0n) is 14.9. The highest BCUT2D eigenvalue weighted by atomic mass is 32.2. The lowest BCUT2D eigenvalue weighted by atomic mass is 10.2. The molecule has 146 valence electrons. The predicted octanol–water partition coefficient (Wildman–Crippen LogP) is 3.23. The van der Waals surface area contributed by atoms with Gasteiger partial charge in [0, 0.05) is 18.7 Å². The Bertz CT molecular complexity index is 1050. The minimum Gasteiger partial charge on any atom is -0.402 e. The molecule has 0 radical (unpaired) electrons. The van der Waals surface area contributed by atoms with Gasteiger partial charge in [-0.3, -0.25) is 10.1 Å². The van der Waals surface area contributed by atoms with Gasteiger partial charge >= 0.3 is 6.01 Å². The van der Waals surface area contributed by atoms with Crippen LogP contribution in [0.1, 0.15) is 29.6 Å². The predicted molar refractivity (Wildman–Crippen MR) is 105 cm³/mol. The van der Waals surface area contributed by atoms with E-state index in [0.717, 1.165) is 24.1 Å². The first-order valence-corrected chi connectivity index (χ1v) is 11.1. The third-order valence-electron chi connectivity index (χ3n) is 4.45. The summed E-state index contributed by atoms with van der Waals surface area (Å²) in [6, 6.07) is 9.53. The van der Waals surface area contributed by atoms with E-state index in [1.54, 1.807) is 0 Å². The van der Waals surface area contributed by atoms with Crippen molar-refractivity contribution in [2.75, 3.05) is 18.4 Å². The molecule has 0 spiro atoms. The largest absolute Gasteiger partial charge is 0.402 e. The normalized spacial score (nSPS) is 15.4. The first kappa shape index (κ1) is 18.8. The molecule has 0 aliphatic carbocycles. The molecular weight excluding hydrogens is 400 g/mol. The van der Waals surface area contributed by atoms with E-state index in [2.05, 4.69) is 15.5 Å². The summed E-state index contributed by atoms with van der Waals surface area (Å²) in [7, 11) is -3.52. The molecule has 0 bridgehead atoms. The summed E-state index contributed by atoms with van der Waals surface area (Å²) in [5.74, 6) is -0.128. The van der Waals surface area contributed by atoms with Crippen LogP contribution in [0.4, 0.5) is 6.01 Å². The number of carbonyl (C=O) groups excluding carboxylic acids is 1. The van der Waals surface area contributed by atoms with Gasteiger partial charge in [-0.2, -0.15) is 4.31 Å². The molecule has 1 saturated heterocycles. The first-order valence-electron chi connectivity index (χ1n) is 8.83. The first-order chi connectivity index (χ1) is 13.5. The van der Waals surface area contributed by atoms with Gasteiger partial charge in [-0.05, 0) is 48.6 Å². The van der Waals surface area contributed by atoms with Crippen LogP contribution in [-0.2, 0) is 10.0 Å².